The Morgan fingerprint density at radius 2 is 1.94 bits per heavy atom. The number of sulfonamides is 1. The van der Waals surface area contributed by atoms with Crippen molar-refractivity contribution in [2.24, 2.45) is 0 Å². The van der Waals surface area contributed by atoms with E-state index in [1.54, 1.807) is 13.8 Å². The molecule has 0 saturated carbocycles. The molecule has 0 saturated heterocycles. The van der Waals surface area contributed by atoms with E-state index < -0.39 is 22.0 Å². The van der Waals surface area contributed by atoms with Crippen LogP contribution in [0.15, 0.2) is 0 Å². The first-order valence-corrected chi connectivity index (χ1v) is 6.88. The van der Waals surface area contributed by atoms with Crippen LogP contribution in [0.25, 0.3) is 0 Å². The number of aliphatic hydroxyl groups excluding tert-OH is 1. The molecule has 0 bridgehead atoms. The number of rotatable bonds is 7. The van der Waals surface area contributed by atoms with Crippen molar-refractivity contribution < 1.29 is 18.3 Å². The van der Waals surface area contributed by atoms with Gasteiger partial charge >= 0.3 is 0 Å². The lowest BCUT2D eigenvalue weighted by atomic mass is 10.3. The highest BCUT2D eigenvalue weighted by atomic mass is 32.2. The first-order valence-electron chi connectivity index (χ1n) is 5.23. The van der Waals surface area contributed by atoms with Crippen LogP contribution in [0.3, 0.4) is 0 Å². The Balaban J connectivity index is 4.25. The van der Waals surface area contributed by atoms with Crippen molar-refractivity contribution in [3.05, 3.63) is 0 Å². The number of nitrogens with one attached hydrogen (secondary N) is 2. The van der Waals surface area contributed by atoms with Crippen molar-refractivity contribution in [1.29, 1.82) is 0 Å². The molecular weight excluding hydrogens is 232 g/mol. The molecule has 16 heavy (non-hydrogen) atoms. The Bertz CT molecular complexity index is 315. The van der Waals surface area contributed by atoms with Crippen LogP contribution in [0.1, 0.15) is 27.2 Å². The average molecular weight is 252 g/mol. The van der Waals surface area contributed by atoms with E-state index in [4.69, 9.17) is 5.11 Å². The molecule has 96 valence electrons. The molecule has 7 heteroatoms. The summed E-state index contributed by atoms with van der Waals surface area (Å²) < 4.78 is 25.0. The summed E-state index contributed by atoms with van der Waals surface area (Å²) in [5.74, 6) is -0.443. The summed E-state index contributed by atoms with van der Waals surface area (Å²) in [5.41, 5.74) is 0. The predicted molar refractivity (Wildman–Crippen MR) is 61.4 cm³/mol. The molecule has 0 aromatic rings. The van der Waals surface area contributed by atoms with E-state index in [2.05, 4.69) is 10.0 Å². The van der Waals surface area contributed by atoms with E-state index in [0.29, 0.717) is 6.42 Å². The normalized spacial score (nSPS) is 15.5. The Labute approximate surface area is 96.5 Å². The van der Waals surface area contributed by atoms with Crippen molar-refractivity contribution in [3.63, 3.8) is 0 Å². The van der Waals surface area contributed by atoms with Gasteiger partial charge in [0.05, 0.1) is 18.4 Å². The first-order chi connectivity index (χ1) is 7.32. The van der Waals surface area contributed by atoms with Crippen LogP contribution < -0.4 is 10.0 Å². The van der Waals surface area contributed by atoms with Crippen molar-refractivity contribution >= 4 is 15.9 Å². The van der Waals surface area contributed by atoms with Gasteiger partial charge in [0.1, 0.15) is 0 Å². The second-order valence-corrected chi connectivity index (χ2v) is 5.62. The average Bonchev–Trinajstić information content (AvgIpc) is 2.16. The van der Waals surface area contributed by atoms with E-state index >= 15 is 0 Å². The minimum absolute atomic E-state index is 0.000172. The van der Waals surface area contributed by atoms with Crippen LogP contribution in [0.5, 0.6) is 0 Å². The molecule has 0 aliphatic rings. The lowest BCUT2D eigenvalue weighted by Crippen LogP contribution is -2.48. The molecule has 0 aliphatic heterocycles. The second kappa shape index (κ2) is 6.82. The van der Waals surface area contributed by atoms with Crippen LogP contribution >= 0.6 is 0 Å². The highest BCUT2D eigenvalue weighted by Gasteiger charge is 2.20. The summed E-state index contributed by atoms with van der Waals surface area (Å²) in [7, 11) is -3.39. The zero-order valence-corrected chi connectivity index (χ0v) is 10.7. The van der Waals surface area contributed by atoms with Crippen LogP contribution in [-0.4, -0.2) is 43.9 Å². The van der Waals surface area contributed by atoms with E-state index in [0.717, 1.165) is 0 Å². The molecule has 2 atom stereocenters. The number of carbonyl (C=O) groups is 1. The van der Waals surface area contributed by atoms with Gasteiger partial charge in [0, 0.05) is 6.04 Å². The Morgan fingerprint density at radius 1 is 1.38 bits per heavy atom. The summed E-state index contributed by atoms with van der Waals surface area (Å²) in [6.45, 7) is 4.66. The van der Waals surface area contributed by atoms with Gasteiger partial charge in [-0.15, -0.1) is 0 Å². The van der Waals surface area contributed by atoms with Crippen LogP contribution in [0.2, 0.25) is 0 Å². The molecule has 0 spiro atoms. The molecule has 0 fully saturated rings. The van der Waals surface area contributed by atoms with E-state index in [-0.39, 0.29) is 18.4 Å². The van der Waals surface area contributed by atoms with Gasteiger partial charge < -0.3 is 10.4 Å². The maximum Gasteiger partial charge on any atom is 0.238 e. The monoisotopic (exact) mass is 252 g/mol. The fourth-order valence-electron chi connectivity index (χ4n) is 1.06. The fraction of sp³-hybridized carbons (Fsp3) is 0.889. The molecule has 1 amide bonds. The highest BCUT2D eigenvalue weighted by molar-refractivity contribution is 7.89. The third-order valence-electron chi connectivity index (χ3n) is 1.88. The minimum Gasteiger partial charge on any atom is -0.394 e. The van der Waals surface area contributed by atoms with Gasteiger partial charge in [0.15, 0.2) is 0 Å². The van der Waals surface area contributed by atoms with Crippen molar-refractivity contribution in [2.75, 3.05) is 12.4 Å². The molecule has 0 radical (unpaired) electrons. The topological polar surface area (TPSA) is 95.5 Å². The Morgan fingerprint density at radius 3 is 2.38 bits per heavy atom. The summed E-state index contributed by atoms with van der Waals surface area (Å²) >= 11 is 0. The molecule has 0 aromatic heterocycles. The lowest BCUT2D eigenvalue weighted by molar-refractivity contribution is -0.123. The van der Waals surface area contributed by atoms with Crippen molar-refractivity contribution in [3.8, 4) is 0 Å². The largest absolute Gasteiger partial charge is 0.394 e. The molecule has 6 nitrogen and oxygen atoms in total. The molecular formula is C9H20N2O4S. The first kappa shape index (κ1) is 15.3. The van der Waals surface area contributed by atoms with Crippen molar-refractivity contribution in [1.82, 2.24) is 10.0 Å². The number of carbonyl (C=O) groups excluding carboxylic acids is 1. The lowest BCUT2D eigenvalue weighted by Gasteiger charge is -2.16. The van der Waals surface area contributed by atoms with Gasteiger partial charge in [-0.3, -0.25) is 4.79 Å². The van der Waals surface area contributed by atoms with Gasteiger partial charge in [-0.05, 0) is 20.3 Å². The van der Waals surface area contributed by atoms with E-state index in [1.165, 1.54) is 6.92 Å². The third-order valence-corrected chi connectivity index (χ3v) is 3.54. The van der Waals surface area contributed by atoms with Crippen LogP contribution in [0, 0.1) is 0 Å². The second-order valence-electron chi connectivity index (χ2n) is 3.75. The van der Waals surface area contributed by atoms with Gasteiger partial charge in [0.25, 0.3) is 0 Å². The summed E-state index contributed by atoms with van der Waals surface area (Å²) in [6.07, 6.45) is 0.497. The standard InChI is InChI=1S/C9H20N2O4S/c1-4-5-16(14,15)11-8(3)9(13)10-7(2)6-12/h7-8,11-12H,4-6H2,1-3H3,(H,10,13)/t7-,8?/m0/s1. The van der Waals surface area contributed by atoms with Crippen LogP contribution in [-0.2, 0) is 14.8 Å². The number of hydrogen-bond acceptors (Lipinski definition) is 4. The number of hydrogen-bond donors (Lipinski definition) is 3. The maximum absolute atomic E-state index is 11.4. The molecule has 0 rings (SSSR count). The van der Waals surface area contributed by atoms with Gasteiger partial charge in [-0.1, -0.05) is 6.92 Å². The SMILES string of the molecule is CCCS(=O)(=O)NC(C)C(=O)N[C@@H](C)CO. The smallest absolute Gasteiger partial charge is 0.238 e. The summed E-state index contributed by atoms with van der Waals surface area (Å²) in [5, 5.41) is 11.2. The predicted octanol–water partition coefficient (Wildman–Crippen LogP) is -0.799. The van der Waals surface area contributed by atoms with Gasteiger partial charge in [-0.25, -0.2) is 13.1 Å². The maximum atomic E-state index is 11.4. The Kier molecular flexibility index (Phi) is 6.54. The van der Waals surface area contributed by atoms with Gasteiger partial charge in [0.2, 0.25) is 15.9 Å². The molecule has 0 aliphatic carbocycles. The molecule has 1 unspecified atom stereocenters. The minimum atomic E-state index is -3.39. The number of amides is 1. The number of aliphatic hydroxyl groups is 1. The third kappa shape index (κ3) is 6.04. The van der Waals surface area contributed by atoms with Crippen LogP contribution in [0.4, 0.5) is 0 Å². The zero-order chi connectivity index (χ0) is 12.8. The van der Waals surface area contributed by atoms with E-state index in [9.17, 15) is 13.2 Å². The quantitative estimate of drug-likeness (QED) is 0.553. The summed E-state index contributed by atoms with van der Waals surface area (Å²) in [6, 6.07) is -1.21. The van der Waals surface area contributed by atoms with Gasteiger partial charge in [-0.2, -0.15) is 0 Å². The Hall–Kier alpha value is -0.660. The molecule has 0 aromatic carbocycles. The summed E-state index contributed by atoms with van der Waals surface area (Å²) in [4.78, 5) is 11.4. The highest BCUT2D eigenvalue weighted by Crippen LogP contribution is 1.93. The zero-order valence-electron chi connectivity index (χ0n) is 9.86. The van der Waals surface area contributed by atoms with Crippen molar-refractivity contribution in [2.45, 2.75) is 39.3 Å². The molecule has 3 N–H and O–H groups in total. The fourth-order valence-corrected chi connectivity index (χ4v) is 2.37. The molecule has 0 heterocycles. The van der Waals surface area contributed by atoms with E-state index in [1.807, 2.05) is 0 Å².